The first-order valence-electron chi connectivity index (χ1n) is 10.9. The van der Waals surface area contributed by atoms with E-state index in [1.807, 2.05) is 60.5 Å². The van der Waals surface area contributed by atoms with Crippen LogP contribution in [0.5, 0.6) is 11.5 Å². The van der Waals surface area contributed by atoms with Gasteiger partial charge in [0.1, 0.15) is 18.1 Å². The summed E-state index contributed by atoms with van der Waals surface area (Å²) in [6.07, 6.45) is 5.33. The fourth-order valence-corrected chi connectivity index (χ4v) is 3.94. The molecule has 0 bridgehead atoms. The van der Waals surface area contributed by atoms with E-state index in [2.05, 4.69) is 17.1 Å². The third kappa shape index (κ3) is 5.19. The summed E-state index contributed by atoms with van der Waals surface area (Å²) in [5.74, 6) is 1.64. The molecule has 0 saturated carbocycles. The van der Waals surface area contributed by atoms with Crippen LogP contribution >= 0.6 is 0 Å². The molecule has 1 saturated heterocycles. The Morgan fingerprint density at radius 1 is 0.906 bits per heavy atom. The number of nitrogens with zero attached hydrogens (tertiary/aromatic N) is 3. The zero-order valence-electron chi connectivity index (χ0n) is 18.6. The van der Waals surface area contributed by atoms with Crippen molar-refractivity contribution in [2.24, 2.45) is 0 Å². The molecular weight excluding hydrogens is 402 g/mol. The first kappa shape index (κ1) is 21.7. The van der Waals surface area contributed by atoms with Crippen LogP contribution in [0, 0.1) is 0 Å². The highest BCUT2D eigenvalue weighted by Crippen LogP contribution is 2.25. The number of aromatic nitrogens is 1. The Kier molecular flexibility index (Phi) is 6.90. The maximum atomic E-state index is 12.6. The van der Waals surface area contributed by atoms with Crippen LogP contribution in [0.25, 0.3) is 11.1 Å². The fourth-order valence-electron chi connectivity index (χ4n) is 3.94. The summed E-state index contributed by atoms with van der Waals surface area (Å²) in [7, 11) is 3.51. The van der Waals surface area contributed by atoms with Crippen molar-refractivity contribution in [2.75, 3.05) is 33.9 Å². The van der Waals surface area contributed by atoms with E-state index in [4.69, 9.17) is 9.47 Å². The number of urea groups is 1. The van der Waals surface area contributed by atoms with E-state index >= 15 is 0 Å². The van der Waals surface area contributed by atoms with Gasteiger partial charge in [0, 0.05) is 32.5 Å². The average Bonchev–Trinajstić information content (AvgIpc) is 3.18. The van der Waals surface area contributed by atoms with E-state index < -0.39 is 0 Å². The van der Waals surface area contributed by atoms with Crippen molar-refractivity contribution in [3.63, 3.8) is 0 Å². The van der Waals surface area contributed by atoms with Crippen LogP contribution < -0.4 is 9.47 Å². The van der Waals surface area contributed by atoms with Crippen molar-refractivity contribution < 1.29 is 14.3 Å². The lowest BCUT2D eigenvalue weighted by Gasteiger charge is -2.27. The summed E-state index contributed by atoms with van der Waals surface area (Å²) in [6, 6.07) is 20.2. The minimum atomic E-state index is 0.0156. The van der Waals surface area contributed by atoms with E-state index in [-0.39, 0.29) is 12.1 Å². The molecule has 1 unspecified atom stereocenters. The Morgan fingerprint density at radius 2 is 1.53 bits per heavy atom. The largest absolute Gasteiger partial charge is 0.497 e. The van der Waals surface area contributed by atoms with E-state index in [1.54, 1.807) is 24.4 Å². The first-order valence-corrected chi connectivity index (χ1v) is 10.9. The Morgan fingerprint density at radius 3 is 2.09 bits per heavy atom. The molecule has 1 aliphatic rings. The molecule has 3 aromatic rings. The zero-order valence-corrected chi connectivity index (χ0v) is 18.6. The third-order valence-corrected chi connectivity index (χ3v) is 5.92. The Balaban J connectivity index is 1.40. The minimum Gasteiger partial charge on any atom is -0.497 e. The molecule has 6 nitrogen and oxygen atoms in total. The number of benzene rings is 2. The van der Waals surface area contributed by atoms with Gasteiger partial charge >= 0.3 is 6.03 Å². The van der Waals surface area contributed by atoms with E-state index in [0.29, 0.717) is 6.61 Å². The molecule has 1 fully saturated rings. The van der Waals surface area contributed by atoms with Crippen LogP contribution in [-0.2, 0) is 6.42 Å². The molecule has 0 aliphatic carbocycles. The molecule has 1 aliphatic heterocycles. The zero-order chi connectivity index (χ0) is 22.3. The number of likely N-dealkylation sites (N-methyl/N-ethyl adjacent to an activating group) is 1. The average molecular weight is 432 g/mol. The first-order chi connectivity index (χ1) is 15.6. The lowest BCUT2D eigenvalue weighted by Crippen LogP contribution is -2.42. The Bertz CT molecular complexity index is 1010. The molecule has 6 heteroatoms. The van der Waals surface area contributed by atoms with Crippen molar-refractivity contribution in [3.8, 4) is 22.6 Å². The number of pyridine rings is 1. The van der Waals surface area contributed by atoms with Gasteiger partial charge in [0.2, 0.25) is 0 Å². The number of amides is 2. The molecular formula is C26H29N3O3. The normalized spacial score (nSPS) is 14.5. The second-order valence-corrected chi connectivity index (χ2v) is 8.01. The van der Waals surface area contributed by atoms with E-state index in [1.165, 1.54) is 5.56 Å². The highest BCUT2D eigenvalue weighted by Gasteiger charge is 2.31. The molecule has 0 radical (unpaired) electrons. The molecule has 166 valence electrons. The van der Waals surface area contributed by atoms with Gasteiger partial charge in [-0.15, -0.1) is 0 Å². The number of carbonyl (C=O) groups excluding carboxylic acids is 1. The molecule has 1 atom stereocenters. The molecule has 0 N–H and O–H groups in total. The van der Waals surface area contributed by atoms with Gasteiger partial charge < -0.3 is 19.3 Å². The van der Waals surface area contributed by atoms with Crippen molar-refractivity contribution in [1.82, 2.24) is 14.8 Å². The van der Waals surface area contributed by atoms with Crippen molar-refractivity contribution in [2.45, 2.75) is 18.9 Å². The smallest absolute Gasteiger partial charge is 0.320 e. The summed E-state index contributed by atoms with van der Waals surface area (Å²) in [6.45, 7) is 1.95. The monoisotopic (exact) mass is 431 g/mol. The van der Waals surface area contributed by atoms with Crippen molar-refractivity contribution >= 4 is 6.03 Å². The maximum absolute atomic E-state index is 12.6. The summed E-state index contributed by atoms with van der Waals surface area (Å²) in [5, 5.41) is 0. The standard InChI is InChI=1S/C26H29N3O3/c1-28-17-18-29(26(28)30)23(8-3-20-13-15-27-16-14-20)19-32-25-11-6-22(7-12-25)21-4-9-24(31-2)10-5-21/h4-7,9-16,23H,3,8,17-19H2,1-2H3. The summed E-state index contributed by atoms with van der Waals surface area (Å²) in [4.78, 5) is 20.4. The lowest BCUT2D eigenvalue weighted by molar-refractivity contribution is 0.149. The number of carbonyl (C=O) groups is 1. The SMILES string of the molecule is COc1ccc(-c2ccc(OCC(CCc3ccncc3)N3CCN(C)C3=O)cc2)cc1. The topological polar surface area (TPSA) is 54.9 Å². The third-order valence-electron chi connectivity index (χ3n) is 5.92. The van der Waals surface area contributed by atoms with Gasteiger partial charge in [0.05, 0.1) is 13.2 Å². The van der Waals surface area contributed by atoms with Gasteiger partial charge in [-0.1, -0.05) is 24.3 Å². The number of aryl methyl sites for hydroxylation is 1. The fraction of sp³-hybridized carbons (Fsp3) is 0.308. The number of methoxy groups -OCH3 is 1. The molecule has 2 heterocycles. The van der Waals surface area contributed by atoms with E-state index in [9.17, 15) is 4.79 Å². The predicted octanol–water partition coefficient (Wildman–Crippen LogP) is 4.50. The van der Waals surface area contributed by atoms with E-state index in [0.717, 1.165) is 48.6 Å². The lowest BCUT2D eigenvalue weighted by atomic mass is 10.1. The summed E-state index contributed by atoms with van der Waals surface area (Å²) >= 11 is 0. The number of ether oxygens (including phenoxy) is 2. The Labute approximate surface area is 189 Å². The predicted molar refractivity (Wildman–Crippen MR) is 125 cm³/mol. The van der Waals surface area contributed by atoms with Gasteiger partial charge in [-0.2, -0.15) is 0 Å². The van der Waals surface area contributed by atoms with Crippen LogP contribution in [0.4, 0.5) is 4.79 Å². The van der Waals surface area contributed by atoms with Crippen molar-refractivity contribution in [1.29, 1.82) is 0 Å². The number of hydrogen-bond donors (Lipinski definition) is 0. The van der Waals surface area contributed by atoms with Gasteiger partial charge in [-0.05, 0) is 65.9 Å². The number of hydrogen-bond acceptors (Lipinski definition) is 4. The highest BCUT2D eigenvalue weighted by molar-refractivity contribution is 5.76. The maximum Gasteiger partial charge on any atom is 0.320 e. The van der Waals surface area contributed by atoms with Crippen LogP contribution in [0.1, 0.15) is 12.0 Å². The minimum absolute atomic E-state index is 0.0156. The molecule has 4 rings (SSSR count). The molecule has 2 amide bonds. The highest BCUT2D eigenvalue weighted by atomic mass is 16.5. The van der Waals surface area contributed by atoms with Gasteiger partial charge in [-0.25, -0.2) is 4.79 Å². The quantitative estimate of drug-likeness (QED) is 0.500. The summed E-state index contributed by atoms with van der Waals surface area (Å²) < 4.78 is 11.4. The molecule has 0 spiro atoms. The van der Waals surface area contributed by atoms with Crippen molar-refractivity contribution in [3.05, 3.63) is 78.6 Å². The van der Waals surface area contributed by atoms with Crippen LogP contribution in [0.3, 0.4) is 0 Å². The van der Waals surface area contributed by atoms with Gasteiger partial charge in [0.15, 0.2) is 0 Å². The molecule has 1 aromatic heterocycles. The molecule has 2 aromatic carbocycles. The summed E-state index contributed by atoms with van der Waals surface area (Å²) in [5.41, 5.74) is 3.46. The van der Waals surface area contributed by atoms with Crippen LogP contribution in [-0.4, -0.2) is 60.7 Å². The molecule has 32 heavy (non-hydrogen) atoms. The Hall–Kier alpha value is -3.54. The van der Waals surface area contributed by atoms with Crippen LogP contribution in [0.15, 0.2) is 73.1 Å². The second kappa shape index (κ2) is 10.2. The number of rotatable bonds is 9. The second-order valence-electron chi connectivity index (χ2n) is 8.01. The van der Waals surface area contributed by atoms with Gasteiger partial charge in [-0.3, -0.25) is 4.98 Å². The van der Waals surface area contributed by atoms with Gasteiger partial charge in [0.25, 0.3) is 0 Å². The van der Waals surface area contributed by atoms with Crippen LogP contribution in [0.2, 0.25) is 0 Å².